The molecule has 3 nitrogen and oxygen atoms in total. The lowest BCUT2D eigenvalue weighted by Gasteiger charge is -2.27. The summed E-state index contributed by atoms with van der Waals surface area (Å²) < 4.78 is 75.9. The number of hydrogen-bond donors (Lipinski definition) is 0. The van der Waals surface area contributed by atoms with E-state index in [-0.39, 0.29) is 12.0 Å². The summed E-state index contributed by atoms with van der Waals surface area (Å²) in [5, 5.41) is 0. The van der Waals surface area contributed by atoms with E-state index >= 15 is 0 Å². The topological polar surface area (TPSA) is 37.4 Å². The summed E-state index contributed by atoms with van der Waals surface area (Å²) in [6.07, 6.45) is -9.23. The maximum absolute atomic E-state index is 12.7. The van der Waals surface area contributed by atoms with E-state index in [0.29, 0.717) is 18.4 Å². The summed E-state index contributed by atoms with van der Waals surface area (Å²) in [7, 11) is 0. The number of carbonyl (C=O) groups excluding carboxylic acids is 2. The Balaban J connectivity index is 2.59. The molecule has 0 aromatic heterocycles. The number of benzene rings is 1. The average Bonchev–Trinajstić information content (AvgIpc) is 2.45. The number of amides is 2. The summed E-state index contributed by atoms with van der Waals surface area (Å²) in [5.74, 6) is -5.70. The molecule has 9 heteroatoms. The molecule has 0 bridgehead atoms. The number of rotatable bonds is 1. The molecule has 1 aliphatic carbocycles. The number of imide groups is 1. The molecular weight excluding hydrogens is 328 g/mol. The smallest absolute Gasteiger partial charge is 0.263 e. The molecule has 0 unspecified atom stereocenters. The zero-order chi connectivity index (χ0) is 17.4. The highest BCUT2D eigenvalue weighted by molar-refractivity contribution is 6.18. The van der Waals surface area contributed by atoms with Crippen LogP contribution in [0.25, 0.3) is 0 Å². The van der Waals surface area contributed by atoms with Crippen molar-refractivity contribution in [1.29, 1.82) is 0 Å². The number of carbonyl (C=O) groups is 2. The van der Waals surface area contributed by atoms with Gasteiger partial charge in [0.2, 0.25) is 0 Å². The van der Waals surface area contributed by atoms with E-state index in [4.69, 9.17) is 0 Å². The van der Waals surface area contributed by atoms with Gasteiger partial charge >= 0.3 is 24.2 Å². The molecule has 23 heavy (non-hydrogen) atoms. The summed E-state index contributed by atoms with van der Waals surface area (Å²) in [5.41, 5.74) is 0.0736. The summed E-state index contributed by atoms with van der Waals surface area (Å²) in [4.78, 5) is 22.0. The van der Waals surface area contributed by atoms with Crippen molar-refractivity contribution < 1.29 is 35.9 Å². The summed E-state index contributed by atoms with van der Waals surface area (Å²) in [6, 6.07) is 3.73. The van der Waals surface area contributed by atoms with E-state index in [0.717, 1.165) is 12.5 Å². The summed E-state index contributed by atoms with van der Waals surface area (Å²) >= 11 is 0. The van der Waals surface area contributed by atoms with Crippen molar-refractivity contribution in [3.63, 3.8) is 0 Å². The highest BCUT2D eigenvalue weighted by atomic mass is 19.4. The fourth-order valence-electron chi connectivity index (χ4n) is 2.54. The number of anilines is 1. The number of hydrogen-bond acceptors (Lipinski definition) is 2. The first kappa shape index (κ1) is 17.3. The van der Waals surface area contributed by atoms with Gasteiger partial charge in [-0.3, -0.25) is 9.59 Å². The molecule has 0 heterocycles. The monoisotopic (exact) mass is 339 g/mol. The molecule has 1 aromatic rings. The normalized spacial score (nSPS) is 15.0. The second-order valence-corrected chi connectivity index (χ2v) is 5.06. The molecule has 0 fully saturated rings. The Bertz CT molecular complexity index is 609. The summed E-state index contributed by atoms with van der Waals surface area (Å²) in [6.45, 7) is 0. The molecule has 2 rings (SSSR count). The Labute approximate surface area is 126 Å². The number of fused-ring (bicyclic) bond motifs is 1. The number of nitrogens with zero attached hydrogens (tertiary/aromatic N) is 1. The molecule has 0 saturated carbocycles. The van der Waals surface area contributed by atoms with Crippen LogP contribution in [0.2, 0.25) is 0 Å². The molecular formula is C14H11F6NO2. The molecule has 1 aliphatic rings. The average molecular weight is 339 g/mol. The van der Waals surface area contributed by atoms with Crippen molar-refractivity contribution in [3.05, 3.63) is 29.3 Å². The van der Waals surface area contributed by atoms with Crippen LogP contribution in [0.3, 0.4) is 0 Å². The molecule has 0 radical (unpaired) electrons. The lowest BCUT2D eigenvalue weighted by molar-refractivity contribution is -0.181. The quantitative estimate of drug-likeness (QED) is 0.734. The molecule has 126 valence electrons. The Hall–Kier alpha value is -2.06. The third kappa shape index (κ3) is 3.48. The Kier molecular flexibility index (Phi) is 4.41. The van der Waals surface area contributed by atoms with E-state index < -0.39 is 34.8 Å². The Morgan fingerprint density at radius 1 is 0.870 bits per heavy atom. The fraction of sp³-hybridized carbons (Fsp3) is 0.429. The first-order chi connectivity index (χ1) is 10.5. The van der Waals surface area contributed by atoms with Gasteiger partial charge < -0.3 is 0 Å². The Morgan fingerprint density at radius 3 is 1.91 bits per heavy atom. The van der Waals surface area contributed by atoms with Crippen LogP contribution in [0.4, 0.5) is 32.0 Å². The minimum atomic E-state index is -5.60. The van der Waals surface area contributed by atoms with Crippen LogP contribution in [-0.2, 0) is 22.4 Å². The van der Waals surface area contributed by atoms with Gasteiger partial charge in [-0.1, -0.05) is 12.1 Å². The number of alkyl halides is 6. The van der Waals surface area contributed by atoms with Crippen molar-refractivity contribution in [1.82, 2.24) is 0 Å². The fourth-order valence-corrected chi connectivity index (χ4v) is 2.54. The number of halogens is 6. The lowest BCUT2D eigenvalue weighted by Crippen LogP contribution is -2.50. The van der Waals surface area contributed by atoms with Crippen LogP contribution in [0.1, 0.15) is 24.0 Å². The van der Waals surface area contributed by atoms with Crippen molar-refractivity contribution in [2.45, 2.75) is 38.0 Å². The minimum Gasteiger partial charge on any atom is -0.263 e. The van der Waals surface area contributed by atoms with Gasteiger partial charge in [-0.05, 0) is 42.9 Å². The first-order valence-corrected chi connectivity index (χ1v) is 6.66. The van der Waals surface area contributed by atoms with Crippen molar-refractivity contribution in [2.75, 3.05) is 4.90 Å². The molecule has 0 saturated heterocycles. The molecule has 0 N–H and O–H groups in total. The van der Waals surface area contributed by atoms with E-state index in [1.165, 1.54) is 6.07 Å². The Morgan fingerprint density at radius 2 is 1.39 bits per heavy atom. The van der Waals surface area contributed by atoms with Crippen LogP contribution in [0.15, 0.2) is 18.2 Å². The maximum Gasteiger partial charge on any atom is 0.472 e. The molecule has 0 spiro atoms. The highest BCUT2D eigenvalue weighted by Crippen LogP contribution is 2.35. The van der Waals surface area contributed by atoms with Crippen LogP contribution in [0.5, 0.6) is 0 Å². The predicted molar refractivity (Wildman–Crippen MR) is 67.7 cm³/mol. The maximum atomic E-state index is 12.7. The van der Waals surface area contributed by atoms with Crippen molar-refractivity contribution >= 4 is 17.5 Å². The highest BCUT2D eigenvalue weighted by Gasteiger charge is 2.53. The van der Waals surface area contributed by atoms with E-state index in [9.17, 15) is 35.9 Å². The van der Waals surface area contributed by atoms with E-state index in [1.807, 2.05) is 0 Å². The van der Waals surface area contributed by atoms with Gasteiger partial charge in [0.05, 0.1) is 5.69 Å². The van der Waals surface area contributed by atoms with E-state index in [1.54, 1.807) is 6.07 Å². The molecule has 0 atom stereocenters. The van der Waals surface area contributed by atoms with Gasteiger partial charge in [-0.25, -0.2) is 4.90 Å². The number of aryl methyl sites for hydroxylation is 1. The predicted octanol–water partition coefficient (Wildman–Crippen LogP) is 3.55. The zero-order valence-electron chi connectivity index (χ0n) is 11.6. The first-order valence-electron chi connectivity index (χ1n) is 6.66. The van der Waals surface area contributed by atoms with Gasteiger partial charge in [0.1, 0.15) is 0 Å². The third-order valence-electron chi connectivity index (χ3n) is 3.50. The van der Waals surface area contributed by atoms with Gasteiger partial charge in [0.25, 0.3) is 0 Å². The zero-order valence-corrected chi connectivity index (χ0v) is 11.6. The van der Waals surface area contributed by atoms with Crippen LogP contribution in [-0.4, -0.2) is 24.2 Å². The SMILES string of the molecule is O=C(N(C(=O)C(F)(F)F)c1cccc2c1CCCC2)C(F)(F)F. The molecule has 0 aliphatic heterocycles. The van der Waals surface area contributed by atoms with E-state index in [2.05, 4.69) is 0 Å². The molecule has 1 aromatic carbocycles. The largest absolute Gasteiger partial charge is 0.472 e. The van der Waals surface area contributed by atoms with Gasteiger partial charge in [0, 0.05) is 0 Å². The van der Waals surface area contributed by atoms with Crippen molar-refractivity contribution in [3.8, 4) is 0 Å². The third-order valence-corrected chi connectivity index (χ3v) is 3.50. The lowest BCUT2D eigenvalue weighted by atomic mass is 9.90. The van der Waals surface area contributed by atoms with Crippen molar-refractivity contribution in [2.24, 2.45) is 0 Å². The minimum absolute atomic E-state index is 0.175. The van der Waals surface area contributed by atoms with Gasteiger partial charge in [0.15, 0.2) is 0 Å². The second kappa shape index (κ2) is 5.86. The second-order valence-electron chi connectivity index (χ2n) is 5.06. The van der Waals surface area contributed by atoms with Gasteiger partial charge in [-0.15, -0.1) is 0 Å². The molecule has 2 amide bonds. The van der Waals surface area contributed by atoms with Gasteiger partial charge in [-0.2, -0.15) is 26.3 Å². The van der Waals surface area contributed by atoms with Crippen LogP contribution in [0, 0.1) is 0 Å². The van der Waals surface area contributed by atoms with Crippen LogP contribution < -0.4 is 4.90 Å². The van der Waals surface area contributed by atoms with Crippen LogP contribution >= 0.6 is 0 Å². The standard InChI is InChI=1S/C14H11F6NO2/c15-13(16,17)11(22)21(12(23)14(18,19)20)10-7-3-5-8-4-1-2-6-9(8)10/h3,5,7H,1-2,4,6H2.